The number of allylic oxidation sites excluding steroid dienone is 4. The van der Waals surface area contributed by atoms with E-state index in [2.05, 4.69) is 55.3 Å². The molecule has 1 amide bonds. The Morgan fingerprint density at radius 3 is 1.41 bits per heavy atom. The van der Waals surface area contributed by atoms with Gasteiger partial charge < -0.3 is 24.4 Å². The second kappa shape index (κ2) is 43.0. The monoisotopic (exact) mass is 721 g/mol. The smallest absolute Gasteiger partial charge is 0.407 e. The Morgan fingerprint density at radius 1 is 0.549 bits per heavy atom. The number of carbonyl (C=O) groups is 1. The van der Waals surface area contributed by atoms with Gasteiger partial charge in [-0.1, -0.05) is 161 Å². The van der Waals surface area contributed by atoms with Crippen molar-refractivity contribution in [2.75, 3.05) is 53.1 Å². The Balaban J connectivity index is 3.99. The standard InChI is InChI=1S/C45H88N2O4/c1-5-8-10-12-14-16-18-20-22-24-26-28-30-32-34-36-40-49-42-44(43-51-45(48)46-38-39-47(4)7-3)50-41-37-35-33-31-29-27-25-23-21-19-17-15-13-11-9-6-2/h20-23,44H,5-19,24-43H2,1-4H3,(H,46,48)/b22-20-,23-21-. The lowest BCUT2D eigenvalue weighted by molar-refractivity contribution is -0.0468. The van der Waals surface area contributed by atoms with Gasteiger partial charge >= 0.3 is 6.09 Å². The first-order valence-electron chi connectivity index (χ1n) is 22.2. The molecule has 0 aliphatic rings. The lowest BCUT2D eigenvalue weighted by Crippen LogP contribution is -2.35. The molecule has 0 saturated carbocycles. The van der Waals surface area contributed by atoms with Gasteiger partial charge in [0.05, 0.1) is 6.61 Å². The summed E-state index contributed by atoms with van der Waals surface area (Å²) < 4.78 is 17.7. The fraction of sp³-hybridized carbons (Fsp3) is 0.889. The highest BCUT2D eigenvalue weighted by atomic mass is 16.6. The maximum absolute atomic E-state index is 12.2. The summed E-state index contributed by atoms with van der Waals surface area (Å²) in [6, 6.07) is 0. The normalized spacial score (nSPS) is 12.5. The second-order valence-corrected chi connectivity index (χ2v) is 14.9. The van der Waals surface area contributed by atoms with Gasteiger partial charge in [0.25, 0.3) is 0 Å². The summed E-state index contributed by atoms with van der Waals surface area (Å²) in [5, 5.41) is 2.85. The third-order valence-corrected chi connectivity index (χ3v) is 9.82. The van der Waals surface area contributed by atoms with Crippen LogP contribution in [0.3, 0.4) is 0 Å². The van der Waals surface area contributed by atoms with E-state index in [1.165, 1.54) is 167 Å². The molecule has 1 atom stereocenters. The second-order valence-electron chi connectivity index (χ2n) is 14.9. The molecule has 0 spiro atoms. The molecular formula is C45H88N2O4. The Kier molecular flexibility index (Phi) is 41.9. The van der Waals surface area contributed by atoms with E-state index in [0.717, 1.165) is 32.5 Å². The van der Waals surface area contributed by atoms with E-state index in [-0.39, 0.29) is 18.8 Å². The average Bonchev–Trinajstić information content (AvgIpc) is 3.14. The lowest BCUT2D eigenvalue weighted by atomic mass is 10.1. The molecule has 0 aliphatic carbocycles. The molecule has 0 aromatic carbocycles. The first-order chi connectivity index (χ1) is 25.1. The van der Waals surface area contributed by atoms with Crippen molar-refractivity contribution in [2.45, 2.75) is 207 Å². The Morgan fingerprint density at radius 2 is 0.961 bits per heavy atom. The summed E-state index contributed by atoms with van der Waals surface area (Å²) in [5.41, 5.74) is 0. The van der Waals surface area contributed by atoms with Crippen molar-refractivity contribution in [3.8, 4) is 0 Å². The number of carbonyl (C=O) groups excluding carboxylic acids is 1. The van der Waals surface area contributed by atoms with Crippen LogP contribution in [0.4, 0.5) is 4.79 Å². The molecule has 0 radical (unpaired) electrons. The topological polar surface area (TPSA) is 60.0 Å². The van der Waals surface area contributed by atoms with Crippen LogP contribution in [0.25, 0.3) is 0 Å². The Bertz CT molecular complexity index is 744. The van der Waals surface area contributed by atoms with Crippen LogP contribution in [0.15, 0.2) is 24.3 Å². The van der Waals surface area contributed by atoms with E-state index in [4.69, 9.17) is 14.2 Å². The van der Waals surface area contributed by atoms with E-state index < -0.39 is 0 Å². The molecule has 0 bridgehead atoms. The molecule has 302 valence electrons. The number of rotatable bonds is 41. The van der Waals surface area contributed by atoms with Gasteiger partial charge in [-0.05, 0) is 77.8 Å². The van der Waals surface area contributed by atoms with Crippen LogP contribution in [-0.2, 0) is 14.2 Å². The minimum Gasteiger partial charge on any atom is -0.447 e. The summed E-state index contributed by atoms with van der Waals surface area (Å²) in [6.07, 6.45) is 45.4. The minimum absolute atomic E-state index is 0.216. The maximum atomic E-state index is 12.2. The quantitative estimate of drug-likeness (QED) is 0.0503. The van der Waals surface area contributed by atoms with Gasteiger partial charge in [0.15, 0.2) is 0 Å². The predicted molar refractivity (Wildman–Crippen MR) is 222 cm³/mol. The van der Waals surface area contributed by atoms with Gasteiger partial charge in [0.2, 0.25) is 0 Å². The lowest BCUT2D eigenvalue weighted by Gasteiger charge is -2.19. The average molecular weight is 721 g/mol. The van der Waals surface area contributed by atoms with Crippen LogP contribution in [0.2, 0.25) is 0 Å². The van der Waals surface area contributed by atoms with Crippen LogP contribution in [0.5, 0.6) is 0 Å². The number of nitrogens with one attached hydrogen (secondary N) is 1. The molecule has 0 fully saturated rings. The predicted octanol–water partition coefficient (Wildman–Crippen LogP) is 13.1. The van der Waals surface area contributed by atoms with E-state index in [1.54, 1.807) is 0 Å². The van der Waals surface area contributed by atoms with Crippen LogP contribution >= 0.6 is 0 Å². The molecular weight excluding hydrogens is 633 g/mol. The highest BCUT2D eigenvalue weighted by molar-refractivity contribution is 5.67. The van der Waals surface area contributed by atoms with Gasteiger partial charge in [0, 0.05) is 26.3 Å². The SMILES string of the molecule is CCCCCCCC/C=C\CCCCCCCCOCC(COC(=O)NCCN(C)CC)OCCCCCCCC/C=C\CCCCCCCC. The number of nitrogens with zero attached hydrogens (tertiary/aromatic N) is 1. The van der Waals surface area contributed by atoms with Crippen molar-refractivity contribution < 1.29 is 19.0 Å². The first kappa shape index (κ1) is 49.6. The number of alkyl carbamates (subject to hydrolysis) is 1. The van der Waals surface area contributed by atoms with Crippen LogP contribution in [0.1, 0.15) is 201 Å². The molecule has 6 nitrogen and oxygen atoms in total. The largest absolute Gasteiger partial charge is 0.447 e. The van der Waals surface area contributed by atoms with Gasteiger partial charge in [-0.3, -0.25) is 0 Å². The van der Waals surface area contributed by atoms with Crippen LogP contribution < -0.4 is 5.32 Å². The van der Waals surface area contributed by atoms with E-state index in [0.29, 0.717) is 19.8 Å². The first-order valence-corrected chi connectivity index (χ1v) is 22.2. The zero-order chi connectivity index (χ0) is 37.1. The third kappa shape index (κ3) is 41.2. The zero-order valence-corrected chi connectivity index (χ0v) is 34.7. The summed E-state index contributed by atoms with van der Waals surface area (Å²) in [5.74, 6) is 0. The molecule has 0 saturated heterocycles. The third-order valence-electron chi connectivity index (χ3n) is 9.82. The number of ether oxygens (including phenoxy) is 3. The number of hydrogen-bond donors (Lipinski definition) is 1. The Hall–Kier alpha value is -1.37. The van der Waals surface area contributed by atoms with Crippen molar-refractivity contribution in [1.29, 1.82) is 0 Å². The summed E-state index contributed by atoms with van der Waals surface area (Å²) >= 11 is 0. The van der Waals surface area contributed by atoms with Crippen molar-refractivity contribution in [1.82, 2.24) is 10.2 Å². The number of likely N-dealkylation sites (N-methyl/N-ethyl adjacent to an activating group) is 1. The van der Waals surface area contributed by atoms with Crippen molar-refractivity contribution in [3.05, 3.63) is 24.3 Å². The molecule has 0 aromatic rings. The van der Waals surface area contributed by atoms with Crippen molar-refractivity contribution in [2.24, 2.45) is 0 Å². The van der Waals surface area contributed by atoms with E-state index in [1.807, 2.05) is 7.05 Å². The molecule has 0 aliphatic heterocycles. The number of unbranched alkanes of at least 4 members (excludes halogenated alkanes) is 24. The van der Waals surface area contributed by atoms with Crippen molar-refractivity contribution in [3.63, 3.8) is 0 Å². The summed E-state index contributed by atoms with van der Waals surface area (Å²) in [6.45, 7) is 11.1. The fourth-order valence-corrected chi connectivity index (χ4v) is 6.14. The van der Waals surface area contributed by atoms with Gasteiger partial charge in [-0.25, -0.2) is 4.79 Å². The van der Waals surface area contributed by atoms with Crippen molar-refractivity contribution >= 4 is 6.09 Å². The molecule has 0 rings (SSSR count). The molecule has 0 heterocycles. The highest BCUT2D eigenvalue weighted by Gasteiger charge is 2.13. The van der Waals surface area contributed by atoms with Gasteiger partial charge in [0.1, 0.15) is 12.7 Å². The van der Waals surface area contributed by atoms with Crippen LogP contribution in [0, 0.1) is 0 Å². The summed E-state index contributed by atoms with van der Waals surface area (Å²) in [4.78, 5) is 14.4. The minimum atomic E-state index is -0.376. The highest BCUT2D eigenvalue weighted by Crippen LogP contribution is 2.12. The molecule has 0 aromatic heterocycles. The van der Waals surface area contributed by atoms with E-state index in [9.17, 15) is 4.79 Å². The zero-order valence-electron chi connectivity index (χ0n) is 34.7. The molecule has 1 N–H and O–H groups in total. The number of hydrogen-bond acceptors (Lipinski definition) is 5. The fourth-order valence-electron chi connectivity index (χ4n) is 6.14. The molecule has 6 heteroatoms. The maximum Gasteiger partial charge on any atom is 0.407 e. The number of amides is 1. The van der Waals surface area contributed by atoms with Gasteiger partial charge in [-0.2, -0.15) is 0 Å². The van der Waals surface area contributed by atoms with E-state index >= 15 is 0 Å². The summed E-state index contributed by atoms with van der Waals surface area (Å²) in [7, 11) is 2.04. The van der Waals surface area contributed by atoms with Crippen LogP contribution in [-0.4, -0.2) is 70.2 Å². The molecule has 1 unspecified atom stereocenters. The molecule has 51 heavy (non-hydrogen) atoms. The van der Waals surface area contributed by atoms with Gasteiger partial charge in [-0.15, -0.1) is 0 Å². The Labute approximate surface area is 318 Å².